The van der Waals surface area contributed by atoms with E-state index in [1.165, 1.54) is 0 Å². The number of benzene rings is 2. The van der Waals surface area contributed by atoms with E-state index in [4.69, 9.17) is 9.47 Å². The number of amides is 3. The predicted octanol–water partition coefficient (Wildman–Crippen LogP) is 3.77. The Hall–Kier alpha value is -3.22. The van der Waals surface area contributed by atoms with E-state index >= 15 is 0 Å². The number of fused-ring (bicyclic) bond motifs is 1. The highest BCUT2D eigenvalue weighted by molar-refractivity contribution is 5.95. The Morgan fingerprint density at radius 1 is 1.10 bits per heavy atom. The summed E-state index contributed by atoms with van der Waals surface area (Å²) >= 11 is 0. The summed E-state index contributed by atoms with van der Waals surface area (Å²) in [6.07, 6.45) is 0.980. The molecule has 7 heteroatoms. The molecule has 7 nitrogen and oxygen atoms in total. The zero-order valence-electron chi connectivity index (χ0n) is 18.8. The maximum absolute atomic E-state index is 12.3. The van der Waals surface area contributed by atoms with Crippen LogP contribution < -0.4 is 25.4 Å². The van der Waals surface area contributed by atoms with Gasteiger partial charge in [0.1, 0.15) is 17.6 Å². The van der Waals surface area contributed by atoms with Crippen molar-refractivity contribution >= 4 is 17.6 Å². The molecular weight excluding hydrogens is 394 g/mol. The number of hydrogen-bond acceptors (Lipinski definition) is 4. The lowest BCUT2D eigenvalue weighted by atomic mass is 10.1. The summed E-state index contributed by atoms with van der Waals surface area (Å²) in [4.78, 5) is 24.5. The van der Waals surface area contributed by atoms with Gasteiger partial charge in [0.2, 0.25) is 5.91 Å². The fourth-order valence-corrected chi connectivity index (χ4v) is 3.87. The summed E-state index contributed by atoms with van der Waals surface area (Å²) in [6, 6.07) is 7.50. The molecule has 3 rings (SSSR count). The molecule has 0 saturated heterocycles. The number of anilines is 1. The van der Waals surface area contributed by atoms with Gasteiger partial charge in [-0.2, -0.15) is 0 Å². The Morgan fingerprint density at radius 2 is 1.81 bits per heavy atom. The highest BCUT2D eigenvalue weighted by atomic mass is 16.5. The smallest absolute Gasteiger partial charge is 0.315 e. The van der Waals surface area contributed by atoms with E-state index < -0.39 is 6.03 Å². The molecule has 1 atom stereocenters. The van der Waals surface area contributed by atoms with Gasteiger partial charge in [0, 0.05) is 29.8 Å². The average Bonchev–Trinajstić information content (AvgIpc) is 3.06. The fraction of sp³-hybridized carbons (Fsp3) is 0.417. The van der Waals surface area contributed by atoms with Gasteiger partial charge in [-0.15, -0.1) is 0 Å². The van der Waals surface area contributed by atoms with Crippen LogP contribution in [0.3, 0.4) is 0 Å². The second kappa shape index (κ2) is 9.73. The minimum atomic E-state index is -0.426. The quantitative estimate of drug-likeness (QED) is 0.630. The van der Waals surface area contributed by atoms with Crippen LogP contribution >= 0.6 is 0 Å². The second-order valence-electron chi connectivity index (χ2n) is 7.99. The molecule has 1 heterocycles. The summed E-state index contributed by atoms with van der Waals surface area (Å²) < 4.78 is 11.5. The van der Waals surface area contributed by atoms with Gasteiger partial charge < -0.3 is 25.4 Å². The number of rotatable bonds is 7. The molecule has 3 amide bonds. The molecule has 31 heavy (non-hydrogen) atoms. The van der Waals surface area contributed by atoms with Gasteiger partial charge in [0.05, 0.1) is 13.2 Å². The highest BCUT2D eigenvalue weighted by Gasteiger charge is 2.22. The molecular formula is C24H31N3O4. The lowest BCUT2D eigenvalue weighted by Crippen LogP contribution is -2.39. The summed E-state index contributed by atoms with van der Waals surface area (Å²) in [5, 5.41) is 8.26. The molecule has 0 aliphatic carbocycles. The molecule has 1 aliphatic heterocycles. The number of ether oxygens (including phenoxy) is 2. The largest absolute Gasteiger partial charge is 0.494 e. The van der Waals surface area contributed by atoms with Crippen LogP contribution in [-0.2, 0) is 17.8 Å². The average molecular weight is 426 g/mol. The number of carbonyl (C=O) groups excluding carboxylic acids is 2. The summed E-state index contributed by atoms with van der Waals surface area (Å²) in [5.41, 5.74) is 5.86. The molecule has 0 fully saturated rings. The van der Waals surface area contributed by atoms with Gasteiger partial charge >= 0.3 is 6.03 Å². The normalized spacial score (nSPS) is 14.4. The van der Waals surface area contributed by atoms with Crippen molar-refractivity contribution in [3.05, 3.63) is 52.1 Å². The van der Waals surface area contributed by atoms with Crippen molar-refractivity contribution in [2.75, 3.05) is 18.5 Å². The van der Waals surface area contributed by atoms with Crippen molar-refractivity contribution in [1.82, 2.24) is 10.6 Å². The summed E-state index contributed by atoms with van der Waals surface area (Å²) in [5.74, 6) is 1.29. The number of nitrogens with one attached hydrogen (secondary N) is 3. The minimum Gasteiger partial charge on any atom is -0.494 e. The van der Waals surface area contributed by atoms with Crippen LogP contribution in [0.4, 0.5) is 10.5 Å². The molecule has 0 spiro atoms. The van der Waals surface area contributed by atoms with Crippen molar-refractivity contribution in [2.24, 2.45) is 0 Å². The molecule has 3 N–H and O–H groups in total. The molecule has 2 aromatic carbocycles. The monoisotopic (exact) mass is 425 g/mol. The topological polar surface area (TPSA) is 88.7 Å². The van der Waals surface area contributed by atoms with Gasteiger partial charge in [-0.3, -0.25) is 4.79 Å². The first-order valence-electron chi connectivity index (χ1n) is 10.6. The third kappa shape index (κ3) is 5.69. The highest BCUT2D eigenvalue weighted by Crippen LogP contribution is 2.35. The van der Waals surface area contributed by atoms with Crippen LogP contribution in [-0.4, -0.2) is 31.2 Å². The molecule has 0 bridgehead atoms. The molecule has 2 aromatic rings. The Balaban J connectivity index is 1.54. The van der Waals surface area contributed by atoms with Gasteiger partial charge in [-0.1, -0.05) is 17.7 Å². The van der Waals surface area contributed by atoms with E-state index in [0.717, 1.165) is 51.4 Å². The number of urea groups is 1. The third-order valence-corrected chi connectivity index (χ3v) is 5.17. The second-order valence-corrected chi connectivity index (χ2v) is 7.99. The Morgan fingerprint density at radius 3 is 2.48 bits per heavy atom. The van der Waals surface area contributed by atoms with Crippen molar-refractivity contribution in [1.29, 1.82) is 0 Å². The van der Waals surface area contributed by atoms with E-state index in [0.29, 0.717) is 6.61 Å². The van der Waals surface area contributed by atoms with Crippen molar-refractivity contribution in [3.63, 3.8) is 0 Å². The standard InChI is InChI=1S/C24H31N3O4/c1-6-30-20-10-18-9-17(5)31-21(18)11-19(20)12-25-24(29)26-13-22(28)27-23-15(3)7-14(2)8-16(23)4/h7-8,10-11,17H,6,9,12-13H2,1-5H3,(H,27,28)(H2,25,26,29). The zero-order valence-corrected chi connectivity index (χ0v) is 18.8. The van der Waals surface area contributed by atoms with Crippen LogP contribution in [0.15, 0.2) is 24.3 Å². The lowest BCUT2D eigenvalue weighted by Gasteiger charge is -2.15. The van der Waals surface area contributed by atoms with E-state index in [-0.39, 0.29) is 25.1 Å². The van der Waals surface area contributed by atoms with Crippen molar-refractivity contribution in [3.8, 4) is 11.5 Å². The maximum atomic E-state index is 12.3. The van der Waals surface area contributed by atoms with Crippen LogP contribution in [0.1, 0.15) is 41.7 Å². The molecule has 1 aliphatic rings. The molecule has 166 valence electrons. The van der Waals surface area contributed by atoms with E-state index in [2.05, 4.69) is 16.0 Å². The zero-order chi connectivity index (χ0) is 22.5. The molecule has 0 radical (unpaired) electrons. The number of hydrogen-bond donors (Lipinski definition) is 3. The van der Waals surface area contributed by atoms with Crippen molar-refractivity contribution in [2.45, 2.75) is 53.7 Å². The first kappa shape index (κ1) is 22.5. The van der Waals surface area contributed by atoms with Crippen molar-refractivity contribution < 1.29 is 19.1 Å². The Labute approximate surface area is 183 Å². The summed E-state index contributed by atoms with van der Waals surface area (Å²) in [7, 11) is 0. The fourth-order valence-electron chi connectivity index (χ4n) is 3.87. The maximum Gasteiger partial charge on any atom is 0.315 e. The Kier molecular flexibility index (Phi) is 7.05. The van der Waals surface area contributed by atoms with Gasteiger partial charge in [0.15, 0.2) is 0 Å². The molecule has 0 aromatic heterocycles. The molecule has 0 saturated carbocycles. The van der Waals surface area contributed by atoms with E-state index in [1.54, 1.807) is 0 Å². The third-order valence-electron chi connectivity index (χ3n) is 5.17. The van der Waals surface area contributed by atoms with Gasteiger partial charge in [-0.05, 0) is 57.9 Å². The van der Waals surface area contributed by atoms with E-state index in [1.807, 2.05) is 58.9 Å². The number of aryl methyl sites for hydroxylation is 3. The number of carbonyl (C=O) groups is 2. The first-order chi connectivity index (χ1) is 14.8. The SMILES string of the molecule is CCOc1cc2c(cc1CNC(=O)NCC(=O)Nc1c(C)cc(C)cc1C)OC(C)C2. The van der Waals surface area contributed by atoms with E-state index in [9.17, 15) is 9.59 Å². The van der Waals surface area contributed by atoms with Crippen LogP contribution in [0, 0.1) is 20.8 Å². The van der Waals surface area contributed by atoms with Crippen LogP contribution in [0.2, 0.25) is 0 Å². The first-order valence-corrected chi connectivity index (χ1v) is 10.6. The summed E-state index contributed by atoms with van der Waals surface area (Å²) in [6.45, 7) is 10.5. The van der Waals surface area contributed by atoms with Crippen LogP contribution in [0.25, 0.3) is 0 Å². The van der Waals surface area contributed by atoms with Gasteiger partial charge in [-0.25, -0.2) is 4.79 Å². The minimum absolute atomic E-state index is 0.123. The predicted molar refractivity (Wildman–Crippen MR) is 121 cm³/mol. The molecule has 1 unspecified atom stereocenters. The lowest BCUT2D eigenvalue weighted by molar-refractivity contribution is -0.115. The van der Waals surface area contributed by atoms with Crippen LogP contribution in [0.5, 0.6) is 11.5 Å². The van der Waals surface area contributed by atoms with Gasteiger partial charge in [0.25, 0.3) is 0 Å². The Bertz CT molecular complexity index is 964.